The summed E-state index contributed by atoms with van der Waals surface area (Å²) in [4.78, 5) is 17.3. The van der Waals surface area contributed by atoms with Gasteiger partial charge >= 0.3 is 0 Å². The summed E-state index contributed by atoms with van der Waals surface area (Å²) in [5, 5.41) is 7.46. The summed E-state index contributed by atoms with van der Waals surface area (Å²) in [6, 6.07) is 20.0. The second kappa shape index (κ2) is 6.42. The first kappa shape index (κ1) is 14.8. The van der Waals surface area contributed by atoms with E-state index < -0.39 is 0 Å². The molecule has 1 saturated heterocycles. The van der Waals surface area contributed by atoms with Crippen molar-refractivity contribution in [2.24, 2.45) is 5.92 Å². The zero-order valence-electron chi connectivity index (χ0n) is 13.3. The van der Waals surface area contributed by atoms with Gasteiger partial charge in [-0.05, 0) is 17.7 Å². The average Bonchev–Trinajstić information content (AvgIpc) is 3.13. The molecule has 2 heterocycles. The minimum Gasteiger partial charge on any atom is -0.324 e. The molecule has 0 spiro atoms. The van der Waals surface area contributed by atoms with E-state index in [1.165, 1.54) is 5.56 Å². The Balaban J connectivity index is 1.59. The van der Waals surface area contributed by atoms with Crippen molar-refractivity contribution >= 4 is 22.5 Å². The number of nitrogens with one attached hydrogen (secondary N) is 2. The first-order chi connectivity index (χ1) is 11.8. The van der Waals surface area contributed by atoms with Crippen molar-refractivity contribution in [2.45, 2.75) is 5.92 Å². The van der Waals surface area contributed by atoms with Crippen LogP contribution >= 0.6 is 0 Å². The van der Waals surface area contributed by atoms with E-state index in [9.17, 15) is 4.79 Å². The quantitative estimate of drug-likeness (QED) is 0.780. The first-order valence-electron chi connectivity index (χ1n) is 8.23. The second-order valence-corrected chi connectivity index (χ2v) is 6.15. The SMILES string of the molecule is O=C(Nc1cccc2cccnc12)[C@H]1CNC[C@@H]1c1ccccc1. The maximum Gasteiger partial charge on any atom is 0.229 e. The van der Waals surface area contributed by atoms with Crippen LogP contribution in [0, 0.1) is 5.92 Å². The number of aromatic nitrogens is 1. The number of carbonyl (C=O) groups is 1. The number of carbonyl (C=O) groups excluding carboxylic acids is 1. The molecule has 4 nitrogen and oxygen atoms in total. The second-order valence-electron chi connectivity index (χ2n) is 6.15. The third kappa shape index (κ3) is 2.76. The molecule has 1 aliphatic rings. The Morgan fingerprint density at radius 1 is 1.00 bits per heavy atom. The topological polar surface area (TPSA) is 54.0 Å². The maximum atomic E-state index is 12.9. The van der Waals surface area contributed by atoms with Crippen LogP contribution in [0.25, 0.3) is 10.9 Å². The van der Waals surface area contributed by atoms with Crippen LogP contribution in [0.1, 0.15) is 11.5 Å². The van der Waals surface area contributed by atoms with Crippen LogP contribution in [0.3, 0.4) is 0 Å². The molecular weight excluding hydrogens is 298 g/mol. The van der Waals surface area contributed by atoms with Gasteiger partial charge in [0.2, 0.25) is 5.91 Å². The molecule has 0 radical (unpaired) electrons. The summed E-state index contributed by atoms with van der Waals surface area (Å²) in [6.07, 6.45) is 1.75. The Morgan fingerprint density at radius 2 is 1.83 bits per heavy atom. The van der Waals surface area contributed by atoms with Crippen LogP contribution in [0.2, 0.25) is 0 Å². The smallest absolute Gasteiger partial charge is 0.229 e. The van der Waals surface area contributed by atoms with Crippen molar-refractivity contribution in [1.29, 1.82) is 0 Å². The zero-order chi connectivity index (χ0) is 16.4. The predicted molar refractivity (Wildman–Crippen MR) is 95.9 cm³/mol. The molecule has 2 N–H and O–H groups in total. The molecule has 1 fully saturated rings. The molecule has 0 unspecified atom stereocenters. The van der Waals surface area contributed by atoms with Gasteiger partial charge < -0.3 is 10.6 Å². The Kier molecular flexibility index (Phi) is 3.97. The Bertz CT molecular complexity index is 858. The lowest BCUT2D eigenvalue weighted by atomic mass is 9.88. The largest absolute Gasteiger partial charge is 0.324 e. The van der Waals surface area contributed by atoms with E-state index in [2.05, 4.69) is 27.8 Å². The van der Waals surface area contributed by atoms with Crippen molar-refractivity contribution in [3.8, 4) is 0 Å². The highest BCUT2D eigenvalue weighted by Gasteiger charge is 2.34. The molecule has 1 amide bonds. The van der Waals surface area contributed by atoms with E-state index in [1.54, 1.807) is 6.20 Å². The van der Waals surface area contributed by atoms with Gasteiger partial charge in [-0.1, -0.05) is 48.5 Å². The zero-order valence-corrected chi connectivity index (χ0v) is 13.3. The molecule has 3 aromatic rings. The number of hydrogen-bond acceptors (Lipinski definition) is 3. The fraction of sp³-hybridized carbons (Fsp3) is 0.200. The van der Waals surface area contributed by atoms with E-state index in [0.717, 1.165) is 23.1 Å². The maximum absolute atomic E-state index is 12.9. The van der Waals surface area contributed by atoms with Crippen LogP contribution in [0.5, 0.6) is 0 Å². The van der Waals surface area contributed by atoms with Gasteiger partial charge in [-0.15, -0.1) is 0 Å². The number of pyridine rings is 1. The molecule has 120 valence electrons. The third-order valence-corrected chi connectivity index (χ3v) is 4.67. The number of para-hydroxylation sites is 1. The summed E-state index contributed by atoms with van der Waals surface area (Å²) >= 11 is 0. The number of amides is 1. The molecule has 0 bridgehead atoms. The number of nitrogens with zero attached hydrogens (tertiary/aromatic N) is 1. The average molecular weight is 317 g/mol. The highest BCUT2D eigenvalue weighted by atomic mass is 16.2. The molecule has 4 rings (SSSR count). The van der Waals surface area contributed by atoms with E-state index in [1.807, 2.05) is 48.5 Å². The Morgan fingerprint density at radius 3 is 2.71 bits per heavy atom. The van der Waals surface area contributed by atoms with Crippen LogP contribution in [-0.2, 0) is 4.79 Å². The van der Waals surface area contributed by atoms with Crippen molar-refractivity contribution in [3.63, 3.8) is 0 Å². The van der Waals surface area contributed by atoms with Gasteiger partial charge in [0.1, 0.15) is 0 Å². The van der Waals surface area contributed by atoms with Gasteiger partial charge in [-0.25, -0.2) is 0 Å². The molecule has 0 saturated carbocycles. The minimum atomic E-state index is -0.0774. The van der Waals surface area contributed by atoms with Gasteiger partial charge in [-0.3, -0.25) is 9.78 Å². The van der Waals surface area contributed by atoms with E-state index in [0.29, 0.717) is 6.54 Å². The van der Waals surface area contributed by atoms with Crippen LogP contribution in [0.15, 0.2) is 66.9 Å². The molecule has 4 heteroatoms. The molecule has 24 heavy (non-hydrogen) atoms. The molecule has 2 atom stereocenters. The van der Waals surface area contributed by atoms with Crippen LogP contribution in [0.4, 0.5) is 5.69 Å². The predicted octanol–water partition coefficient (Wildman–Crippen LogP) is 3.18. The van der Waals surface area contributed by atoms with E-state index in [-0.39, 0.29) is 17.7 Å². The summed E-state index contributed by atoms with van der Waals surface area (Å²) in [7, 11) is 0. The van der Waals surface area contributed by atoms with Gasteiger partial charge in [0.15, 0.2) is 0 Å². The molecule has 0 aliphatic carbocycles. The number of anilines is 1. The van der Waals surface area contributed by atoms with Crippen molar-refractivity contribution in [3.05, 3.63) is 72.4 Å². The van der Waals surface area contributed by atoms with E-state index in [4.69, 9.17) is 0 Å². The summed E-state index contributed by atoms with van der Waals surface area (Å²) < 4.78 is 0. The third-order valence-electron chi connectivity index (χ3n) is 4.67. The minimum absolute atomic E-state index is 0.0482. The van der Waals surface area contributed by atoms with Crippen molar-refractivity contribution < 1.29 is 4.79 Å². The van der Waals surface area contributed by atoms with Crippen molar-refractivity contribution in [1.82, 2.24) is 10.3 Å². The highest BCUT2D eigenvalue weighted by molar-refractivity contribution is 6.01. The normalized spacial score (nSPS) is 20.2. The van der Waals surface area contributed by atoms with Crippen molar-refractivity contribution in [2.75, 3.05) is 18.4 Å². The first-order valence-corrected chi connectivity index (χ1v) is 8.23. The molecule has 1 aromatic heterocycles. The van der Waals surface area contributed by atoms with Crippen LogP contribution < -0.4 is 10.6 Å². The monoisotopic (exact) mass is 317 g/mol. The van der Waals surface area contributed by atoms with Gasteiger partial charge in [0.25, 0.3) is 0 Å². The summed E-state index contributed by atoms with van der Waals surface area (Å²) in [6.45, 7) is 1.53. The van der Waals surface area contributed by atoms with E-state index >= 15 is 0 Å². The Labute approximate surface area is 140 Å². The summed E-state index contributed by atoms with van der Waals surface area (Å²) in [5.41, 5.74) is 2.81. The number of hydrogen-bond donors (Lipinski definition) is 2. The summed E-state index contributed by atoms with van der Waals surface area (Å²) in [5.74, 6) is 0.174. The number of benzene rings is 2. The fourth-order valence-corrected chi connectivity index (χ4v) is 3.44. The van der Waals surface area contributed by atoms with Gasteiger partial charge in [0.05, 0.1) is 17.1 Å². The van der Waals surface area contributed by atoms with Gasteiger partial charge in [-0.2, -0.15) is 0 Å². The molecular formula is C20H19N3O. The lowest BCUT2D eigenvalue weighted by Crippen LogP contribution is -2.28. The number of rotatable bonds is 3. The highest BCUT2D eigenvalue weighted by Crippen LogP contribution is 2.30. The molecule has 2 aromatic carbocycles. The van der Waals surface area contributed by atoms with Crippen LogP contribution in [-0.4, -0.2) is 24.0 Å². The standard InChI is InChI=1S/C20H19N3O/c24-20(17-13-21-12-16(17)14-6-2-1-3-7-14)23-18-10-4-8-15-9-5-11-22-19(15)18/h1-11,16-17,21H,12-13H2,(H,23,24)/t16-,17+/m1/s1. The number of fused-ring (bicyclic) bond motifs is 1. The Hall–Kier alpha value is -2.72. The lowest BCUT2D eigenvalue weighted by Gasteiger charge is -2.19. The molecule has 1 aliphatic heterocycles. The lowest BCUT2D eigenvalue weighted by molar-refractivity contribution is -0.119. The fourth-order valence-electron chi connectivity index (χ4n) is 3.44. The van der Waals surface area contributed by atoms with Gasteiger partial charge in [0, 0.05) is 30.6 Å².